The van der Waals surface area contributed by atoms with Crippen molar-refractivity contribution >= 4 is 11.9 Å². The summed E-state index contributed by atoms with van der Waals surface area (Å²) in [7, 11) is 1.70. The molecule has 0 saturated carbocycles. The second-order valence-electron chi connectivity index (χ2n) is 7.05. The zero-order valence-electron chi connectivity index (χ0n) is 17.2. The lowest BCUT2D eigenvalue weighted by Gasteiger charge is -2.18. The molecule has 0 saturated heterocycles. The van der Waals surface area contributed by atoms with Crippen LogP contribution in [0.2, 0.25) is 0 Å². The monoisotopic (exact) mass is 391 g/mol. The maximum Gasteiger partial charge on any atom is 0.342 e. The molecule has 1 aromatic heterocycles. The second kappa shape index (κ2) is 8.73. The molecule has 0 unspecified atom stereocenters. The molecular weight excluding hydrogens is 366 g/mol. The fourth-order valence-electron chi connectivity index (χ4n) is 3.20. The zero-order valence-corrected chi connectivity index (χ0v) is 17.2. The van der Waals surface area contributed by atoms with E-state index in [2.05, 4.69) is 5.10 Å². The fraction of sp³-hybridized carbons (Fsp3) is 0.261. The standard InChI is InChI=1S/C23H25N3O3/c1-16-10-8-9-11-19(16)14-25(4)21(27)15-29-23(28)22-17(2)24-26(18(22)3)20-12-6-5-7-13-20/h5-13H,14-15H2,1-4H3. The van der Waals surface area contributed by atoms with Crippen LogP contribution in [0.4, 0.5) is 0 Å². The van der Waals surface area contributed by atoms with Gasteiger partial charge in [0.25, 0.3) is 5.91 Å². The molecule has 0 radical (unpaired) electrons. The normalized spacial score (nSPS) is 10.6. The number of aryl methyl sites for hydroxylation is 2. The molecule has 0 fully saturated rings. The van der Waals surface area contributed by atoms with Crippen LogP contribution in [-0.4, -0.2) is 40.2 Å². The largest absolute Gasteiger partial charge is 0.452 e. The summed E-state index contributed by atoms with van der Waals surface area (Å²) in [6.45, 7) is 5.73. The number of amides is 1. The third kappa shape index (κ3) is 4.54. The summed E-state index contributed by atoms with van der Waals surface area (Å²) in [6, 6.07) is 17.5. The summed E-state index contributed by atoms with van der Waals surface area (Å²) in [5.74, 6) is -0.799. The van der Waals surface area contributed by atoms with Crippen LogP contribution in [0.3, 0.4) is 0 Å². The highest BCUT2D eigenvalue weighted by molar-refractivity contribution is 5.93. The summed E-state index contributed by atoms with van der Waals surface area (Å²) in [4.78, 5) is 26.6. The minimum Gasteiger partial charge on any atom is -0.452 e. The third-order valence-corrected chi connectivity index (χ3v) is 4.92. The number of likely N-dealkylation sites (N-methyl/N-ethyl adjacent to an activating group) is 1. The van der Waals surface area contributed by atoms with Crippen molar-refractivity contribution in [2.75, 3.05) is 13.7 Å². The number of aromatic nitrogens is 2. The Morgan fingerprint density at radius 2 is 1.66 bits per heavy atom. The van der Waals surface area contributed by atoms with Gasteiger partial charge in [-0.3, -0.25) is 4.79 Å². The van der Waals surface area contributed by atoms with E-state index in [1.54, 1.807) is 23.6 Å². The molecule has 0 spiro atoms. The molecule has 150 valence electrons. The van der Waals surface area contributed by atoms with Crippen molar-refractivity contribution in [3.05, 3.63) is 82.7 Å². The number of hydrogen-bond acceptors (Lipinski definition) is 4. The first-order chi connectivity index (χ1) is 13.9. The molecule has 0 atom stereocenters. The highest BCUT2D eigenvalue weighted by Crippen LogP contribution is 2.19. The van der Waals surface area contributed by atoms with Crippen LogP contribution in [0, 0.1) is 20.8 Å². The van der Waals surface area contributed by atoms with Crippen molar-refractivity contribution < 1.29 is 14.3 Å². The molecule has 0 aliphatic heterocycles. The van der Waals surface area contributed by atoms with Gasteiger partial charge >= 0.3 is 5.97 Å². The topological polar surface area (TPSA) is 64.4 Å². The Morgan fingerprint density at radius 1 is 1.00 bits per heavy atom. The lowest BCUT2D eigenvalue weighted by molar-refractivity contribution is -0.133. The number of rotatable bonds is 6. The van der Waals surface area contributed by atoms with Crippen LogP contribution in [0.5, 0.6) is 0 Å². The van der Waals surface area contributed by atoms with Crippen molar-refractivity contribution in [3.8, 4) is 5.69 Å². The SMILES string of the molecule is Cc1ccccc1CN(C)C(=O)COC(=O)c1c(C)nn(-c2ccccc2)c1C. The van der Waals surface area contributed by atoms with Crippen molar-refractivity contribution in [2.24, 2.45) is 0 Å². The van der Waals surface area contributed by atoms with Gasteiger partial charge in [0.1, 0.15) is 5.56 Å². The van der Waals surface area contributed by atoms with E-state index < -0.39 is 5.97 Å². The fourth-order valence-corrected chi connectivity index (χ4v) is 3.20. The Kier molecular flexibility index (Phi) is 6.12. The van der Waals surface area contributed by atoms with Gasteiger partial charge in [-0.1, -0.05) is 42.5 Å². The van der Waals surface area contributed by atoms with Gasteiger partial charge in [0.15, 0.2) is 6.61 Å². The van der Waals surface area contributed by atoms with E-state index in [0.717, 1.165) is 16.8 Å². The maximum absolute atomic E-state index is 12.6. The van der Waals surface area contributed by atoms with E-state index in [4.69, 9.17) is 4.74 Å². The average molecular weight is 391 g/mol. The van der Waals surface area contributed by atoms with Gasteiger partial charge in [-0.25, -0.2) is 9.48 Å². The first kappa shape index (κ1) is 20.3. The Morgan fingerprint density at radius 3 is 2.34 bits per heavy atom. The predicted octanol–water partition coefficient (Wildman–Crippen LogP) is 3.61. The van der Waals surface area contributed by atoms with Gasteiger partial charge in [0.2, 0.25) is 0 Å². The lowest BCUT2D eigenvalue weighted by atomic mass is 10.1. The third-order valence-electron chi connectivity index (χ3n) is 4.92. The van der Waals surface area contributed by atoms with Gasteiger partial charge in [-0.05, 0) is 44.0 Å². The van der Waals surface area contributed by atoms with Gasteiger partial charge in [-0.2, -0.15) is 5.10 Å². The average Bonchev–Trinajstić information content (AvgIpc) is 3.02. The number of hydrogen-bond donors (Lipinski definition) is 0. The van der Waals surface area contributed by atoms with Crippen molar-refractivity contribution in [1.29, 1.82) is 0 Å². The first-order valence-corrected chi connectivity index (χ1v) is 9.45. The van der Waals surface area contributed by atoms with Crippen LogP contribution in [0.25, 0.3) is 5.69 Å². The van der Waals surface area contributed by atoms with Crippen LogP contribution < -0.4 is 0 Å². The Labute approximate surface area is 170 Å². The van der Waals surface area contributed by atoms with Crippen LogP contribution in [0.15, 0.2) is 54.6 Å². The van der Waals surface area contributed by atoms with Gasteiger partial charge in [-0.15, -0.1) is 0 Å². The van der Waals surface area contributed by atoms with E-state index >= 15 is 0 Å². The Balaban J connectivity index is 1.66. The predicted molar refractivity (Wildman–Crippen MR) is 111 cm³/mol. The van der Waals surface area contributed by atoms with Gasteiger partial charge in [0, 0.05) is 13.6 Å². The van der Waals surface area contributed by atoms with Gasteiger partial charge < -0.3 is 9.64 Å². The molecular formula is C23H25N3O3. The molecule has 1 amide bonds. The number of esters is 1. The molecule has 0 aliphatic carbocycles. The lowest BCUT2D eigenvalue weighted by Crippen LogP contribution is -2.31. The molecule has 0 aliphatic rings. The molecule has 0 N–H and O–H groups in total. The highest BCUT2D eigenvalue weighted by atomic mass is 16.5. The van der Waals surface area contributed by atoms with Crippen LogP contribution in [0.1, 0.15) is 32.9 Å². The Bertz CT molecular complexity index is 1030. The van der Waals surface area contributed by atoms with Crippen LogP contribution >= 0.6 is 0 Å². The molecule has 6 heteroatoms. The van der Waals surface area contributed by atoms with Crippen LogP contribution in [-0.2, 0) is 16.1 Å². The zero-order chi connectivity index (χ0) is 21.0. The van der Waals surface area contributed by atoms with E-state index in [0.29, 0.717) is 23.5 Å². The van der Waals surface area contributed by atoms with Crippen molar-refractivity contribution in [3.63, 3.8) is 0 Å². The number of ether oxygens (including phenoxy) is 1. The summed E-state index contributed by atoms with van der Waals surface area (Å²) in [5.41, 5.74) is 4.68. The van der Waals surface area contributed by atoms with Crippen molar-refractivity contribution in [1.82, 2.24) is 14.7 Å². The quantitative estimate of drug-likeness (QED) is 0.602. The summed E-state index contributed by atoms with van der Waals surface area (Å²) < 4.78 is 7.01. The number of para-hydroxylation sites is 1. The molecule has 3 aromatic rings. The molecule has 29 heavy (non-hydrogen) atoms. The van der Waals surface area contributed by atoms with E-state index in [1.807, 2.05) is 68.4 Å². The highest BCUT2D eigenvalue weighted by Gasteiger charge is 2.22. The number of nitrogens with zero attached hydrogens (tertiary/aromatic N) is 3. The second-order valence-corrected chi connectivity index (χ2v) is 7.05. The van der Waals surface area contributed by atoms with Crippen molar-refractivity contribution in [2.45, 2.75) is 27.3 Å². The molecule has 2 aromatic carbocycles. The molecule has 1 heterocycles. The van der Waals surface area contributed by atoms with E-state index in [-0.39, 0.29) is 12.5 Å². The number of carbonyl (C=O) groups is 2. The smallest absolute Gasteiger partial charge is 0.342 e. The number of carbonyl (C=O) groups excluding carboxylic acids is 2. The molecule has 3 rings (SSSR count). The van der Waals surface area contributed by atoms with E-state index in [9.17, 15) is 9.59 Å². The summed E-state index contributed by atoms with van der Waals surface area (Å²) >= 11 is 0. The van der Waals surface area contributed by atoms with Gasteiger partial charge in [0.05, 0.1) is 17.1 Å². The van der Waals surface area contributed by atoms with E-state index in [1.165, 1.54) is 0 Å². The first-order valence-electron chi connectivity index (χ1n) is 9.45. The molecule has 6 nitrogen and oxygen atoms in total. The number of benzene rings is 2. The minimum atomic E-state index is -0.542. The minimum absolute atomic E-state index is 0.257. The summed E-state index contributed by atoms with van der Waals surface area (Å²) in [5, 5.41) is 4.45. The molecule has 0 bridgehead atoms. The Hall–Kier alpha value is -3.41. The maximum atomic E-state index is 12.6. The summed E-state index contributed by atoms with van der Waals surface area (Å²) in [6.07, 6.45) is 0.